The molecule has 6 heteroatoms. The number of rotatable bonds is 6. The summed E-state index contributed by atoms with van der Waals surface area (Å²) in [6.45, 7) is 4.08. The number of amides is 2. The molecule has 94 valence electrons. The van der Waals surface area contributed by atoms with Crippen LogP contribution in [-0.4, -0.2) is 53.2 Å². The van der Waals surface area contributed by atoms with Gasteiger partial charge in [-0.25, -0.2) is 9.78 Å². The van der Waals surface area contributed by atoms with Gasteiger partial charge in [-0.05, 0) is 0 Å². The summed E-state index contributed by atoms with van der Waals surface area (Å²) >= 11 is 0. The molecule has 1 aromatic rings. The first-order chi connectivity index (χ1) is 8.27. The Labute approximate surface area is 101 Å². The smallest absolute Gasteiger partial charge is 0.317 e. The molecule has 2 N–H and O–H groups in total. The minimum atomic E-state index is 0.0518. The average Bonchev–Trinajstić information content (AvgIpc) is 2.89. The number of carbonyl (C=O) groups is 1. The van der Waals surface area contributed by atoms with Gasteiger partial charge in [0.1, 0.15) is 5.82 Å². The van der Waals surface area contributed by atoms with E-state index in [4.69, 9.17) is 0 Å². The van der Waals surface area contributed by atoms with Gasteiger partial charge in [-0.1, -0.05) is 0 Å². The molecule has 2 amide bonds. The van der Waals surface area contributed by atoms with Crippen molar-refractivity contribution in [2.24, 2.45) is 7.05 Å². The van der Waals surface area contributed by atoms with Gasteiger partial charge in [-0.2, -0.15) is 0 Å². The van der Waals surface area contributed by atoms with E-state index in [0.29, 0.717) is 0 Å². The van der Waals surface area contributed by atoms with E-state index in [1.54, 1.807) is 0 Å². The molecule has 2 heterocycles. The van der Waals surface area contributed by atoms with Gasteiger partial charge in [-0.15, -0.1) is 0 Å². The summed E-state index contributed by atoms with van der Waals surface area (Å²) in [5.41, 5.74) is 0. The molecular weight excluding hydrogens is 218 g/mol. The summed E-state index contributed by atoms with van der Waals surface area (Å²) in [6.07, 6.45) is 4.67. The third-order valence-electron chi connectivity index (χ3n) is 2.95. The van der Waals surface area contributed by atoms with Crippen LogP contribution in [0.5, 0.6) is 0 Å². The number of carbonyl (C=O) groups excluding carboxylic acids is 1. The van der Waals surface area contributed by atoms with Gasteiger partial charge in [0.2, 0.25) is 0 Å². The highest BCUT2D eigenvalue weighted by Crippen LogP contribution is 1.95. The summed E-state index contributed by atoms with van der Waals surface area (Å²) in [5.74, 6) is 1.08. The molecule has 0 spiro atoms. The normalized spacial score (nSPS) is 15.4. The zero-order chi connectivity index (χ0) is 12.1. The predicted molar refractivity (Wildman–Crippen MR) is 64.8 cm³/mol. The monoisotopic (exact) mass is 237 g/mol. The Morgan fingerprint density at radius 3 is 3.06 bits per heavy atom. The van der Waals surface area contributed by atoms with Crippen molar-refractivity contribution in [2.45, 2.75) is 6.42 Å². The molecule has 2 rings (SSSR count). The van der Waals surface area contributed by atoms with Gasteiger partial charge in [0.05, 0.1) is 0 Å². The number of nitrogens with one attached hydrogen (secondary N) is 2. The van der Waals surface area contributed by atoms with Crippen LogP contribution in [0, 0.1) is 0 Å². The summed E-state index contributed by atoms with van der Waals surface area (Å²) in [5, 5.41) is 6.11. The Morgan fingerprint density at radius 1 is 1.53 bits per heavy atom. The second-order valence-electron chi connectivity index (χ2n) is 4.17. The Balaban J connectivity index is 1.58. The average molecular weight is 237 g/mol. The molecule has 1 aromatic heterocycles. The molecular formula is C11H19N5O. The van der Waals surface area contributed by atoms with Crippen LogP contribution in [0.1, 0.15) is 5.82 Å². The van der Waals surface area contributed by atoms with E-state index in [2.05, 4.69) is 15.6 Å². The van der Waals surface area contributed by atoms with E-state index in [9.17, 15) is 4.79 Å². The Kier molecular flexibility index (Phi) is 3.98. The lowest BCUT2D eigenvalue weighted by Crippen LogP contribution is -2.35. The van der Waals surface area contributed by atoms with Crippen LogP contribution in [-0.2, 0) is 13.5 Å². The maximum atomic E-state index is 11.2. The third kappa shape index (κ3) is 3.20. The van der Waals surface area contributed by atoms with Crippen LogP contribution in [0.25, 0.3) is 0 Å². The summed E-state index contributed by atoms with van der Waals surface area (Å²) in [7, 11) is 2.00. The third-order valence-corrected chi connectivity index (χ3v) is 2.95. The maximum absolute atomic E-state index is 11.2. The summed E-state index contributed by atoms with van der Waals surface area (Å²) < 4.78 is 2.02. The van der Waals surface area contributed by atoms with Crippen molar-refractivity contribution >= 4 is 6.03 Å². The fraction of sp³-hybridized carbons (Fsp3) is 0.636. The SMILES string of the molecule is Cn1ccnc1CCNCCN1CCNC1=O. The van der Waals surface area contributed by atoms with Crippen molar-refractivity contribution < 1.29 is 4.79 Å². The summed E-state index contributed by atoms with van der Waals surface area (Å²) in [4.78, 5) is 17.3. The minimum Gasteiger partial charge on any atom is -0.338 e. The van der Waals surface area contributed by atoms with Gasteiger partial charge < -0.3 is 20.1 Å². The van der Waals surface area contributed by atoms with Crippen molar-refractivity contribution in [1.29, 1.82) is 0 Å². The molecule has 0 bridgehead atoms. The highest BCUT2D eigenvalue weighted by molar-refractivity contribution is 5.76. The zero-order valence-electron chi connectivity index (χ0n) is 10.1. The molecule has 0 aromatic carbocycles. The molecule has 17 heavy (non-hydrogen) atoms. The highest BCUT2D eigenvalue weighted by atomic mass is 16.2. The van der Waals surface area contributed by atoms with Gasteiger partial charge in [0.25, 0.3) is 0 Å². The second-order valence-corrected chi connectivity index (χ2v) is 4.17. The van der Waals surface area contributed by atoms with Crippen LogP contribution in [0.4, 0.5) is 4.79 Å². The van der Waals surface area contributed by atoms with Crippen molar-refractivity contribution in [3.63, 3.8) is 0 Å². The van der Waals surface area contributed by atoms with E-state index in [-0.39, 0.29) is 6.03 Å². The van der Waals surface area contributed by atoms with E-state index >= 15 is 0 Å². The van der Waals surface area contributed by atoms with Gasteiger partial charge >= 0.3 is 6.03 Å². The number of aromatic nitrogens is 2. The standard InChI is InChI=1S/C11H19N5O/c1-15-7-5-13-10(15)2-3-12-4-8-16-9-6-14-11(16)17/h5,7,12H,2-4,6,8-9H2,1H3,(H,14,17). The number of nitrogens with zero attached hydrogens (tertiary/aromatic N) is 3. The number of urea groups is 1. The van der Waals surface area contributed by atoms with Crippen LogP contribution in [0.15, 0.2) is 12.4 Å². The quantitative estimate of drug-likeness (QED) is 0.660. The lowest BCUT2D eigenvalue weighted by Gasteiger charge is -2.14. The molecule has 1 saturated heterocycles. The molecule has 0 aliphatic carbocycles. The van der Waals surface area contributed by atoms with E-state index in [1.165, 1.54) is 0 Å². The van der Waals surface area contributed by atoms with Crippen LogP contribution in [0.3, 0.4) is 0 Å². The van der Waals surface area contributed by atoms with Crippen molar-refractivity contribution in [3.05, 3.63) is 18.2 Å². The fourth-order valence-electron chi connectivity index (χ4n) is 1.90. The summed E-state index contributed by atoms with van der Waals surface area (Å²) in [6, 6.07) is 0.0518. The van der Waals surface area contributed by atoms with Crippen molar-refractivity contribution in [3.8, 4) is 0 Å². The molecule has 6 nitrogen and oxygen atoms in total. The zero-order valence-corrected chi connectivity index (χ0v) is 10.1. The maximum Gasteiger partial charge on any atom is 0.317 e. The lowest BCUT2D eigenvalue weighted by molar-refractivity contribution is 0.217. The fourth-order valence-corrected chi connectivity index (χ4v) is 1.90. The number of hydrogen-bond donors (Lipinski definition) is 2. The number of aryl methyl sites for hydroxylation is 1. The molecule has 1 aliphatic rings. The number of imidazole rings is 1. The van der Waals surface area contributed by atoms with Gasteiger partial charge in [0.15, 0.2) is 0 Å². The second kappa shape index (κ2) is 5.67. The van der Waals surface area contributed by atoms with Crippen LogP contribution >= 0.6 is 0 Å². The first-order valence-electron chi connectivity index (χ1n) is 5.97. The largest absolute Gasteiger partial charge is 0.338 e. The first kappa shape index (κ1) is 11.9. The van der Waals surface area contributed by atoms with Crippen molar-refractivity contribution in [1.82, 2.24) is 25.1 Å². The Morgan fingerprint density at radius 2 is 2.41 bits per heavy atom. The molecule has 0 saturated carbocycles. The lowest BCUT2D eigenvalue weighted by atomic mass is 10.4. The molecule has 0 unspecified atom stereocenters. The van der Waals surface area contributed by atoms with Crippen LogP contribution in [0.2, 0.25) is 0 Å². The van der Waals surface area contributed by atoms with Crippen molar-refractivity contribution in [2.75, 3.05) is 32.7 Å². The number of hydrogen-bond acceptors (Lipinski definition) is 3. The van der Waals surface area contributed by atoms with Gasteiger partial charge in [0, 0.05) is 58.6 Å². The Hall–Kier alpha value is -1.56. The topological polar surface area (TPSA) is 62.2 Å². The van der Waals surface area contributed by atoms with Gasteiger partial charge in [-0.3, -0.25) is 0 Å². The van der Waals surface area contributed by atoms with E-state index in [0.717, 1.165) is 45.0 Å². The van der Waals surface area contributed by atoms with Crippen LogP contribution < -0.4 is 10.6 Å². The molecule has 0 atom stereocenters. The first-order valence-corrected chi connectivity index (χ1v) is 5.97. The molecule has 0 radical (unpaired) electrons. The highest BCUT2D eigenvalue weighted by Gasteiger charge is 2.17. The molecule has 1 aliphatic heterocycles. The molecule has 1 fully saturated rings. The minimum absolute atomic E-state index is 0.0518. The van der Waals surface area contributed by atoms with E-state index in [1.807, 2.05) is 28.9 Å². The predicted octanol–water partition coefficient (Wildman–Crippen LogP) is -0.423. The van der Waals surface area contributed by atoms with E-state index < -0.39 is 0 Å². The Bertz CT molecular complexity index is 376.